The Morgan fingerprint density at radius 3 is 2.74 bits per heavy atom. The summed E-state index contributed by atoms with van der Waals surface area (Å²) < 4.78 is 43.9. The fourth-order valence-corrected chi connectivity index (χ4v) is 2.15. The lowest BCUT2D eigenvalue weighted by Gasteiger charge is -2.06. The fraction of sp³-hybridized carbons (Fsp3) is 0.273. The number of nitrogens with zero attached hydrogens (tertiary/aromatic N) is 2. The van der Waals surface area contributed by atoms with Crippen molar-refractivity contribution in [3.63, 3.8) is 0 Å². The molecule has 0 fully saturated rings. The van der Waals surface area contributed by atoms with E-state index in [1.807, 2.05) is 0 Å². The maximum absolute atomic E-state index is 12.6. The number of rotatable bonds is 2. The molecule has 19 heavy (non-hydrogen) atoms. The Bertz CT molecular complexity index is 637. The van der Waals surface area contributed by atoms with Gasteiger partial charge in [-0.2, -0.15) is 18.3 Å². The molecule has 2 rings (SSSR count). The van der Waals surface area contributed by atoms with Crippen molar-refractivity contribution in [2.24, 2.45) is 0 Å². The van der Waals surface area contributed by atoms with Gasteiger partial charge in [-0.15, -0.1) is 0 Å². The van der Waals surface area contributed by atoms with Crippen LogP contribution < -0.4 is 0 Å². The average Bonchev–Trinajstić information content (AvgIpc) is 2.67. The first-order valence-electron chi connectivity index (χ1n) is 5.14. The maximum Gasteiger partial charge on any atom is 0.393 e. The summed E-state index contributed by atoms with van der Waals surface area (Å²) in [4.78, 5) is 11.5. The van der Waals surface area contributed by atoms with Crippen LogP contribution in [0.1, 0.15) is 16.1 Å². The highest BCUT2D eigenvalue weighted by Gasteiger charge is 2.33. The van der Waals surface area contributed by atoms with E-state index in [-0.39, 0.29) is 16.8 Å². The van der Waals surface area contributed by atoms with Gasteiger partial charge in [0.15, 0.2) is 5.69 Å². The van der Waals surface area contributed by atoms with Crippen LogP contribution in [0.3, 0.4) is 0 Å². The van der Waals surface area contributed by atoms with Crippen molar-refractivity contribution in [2.75, 3.05) is 7.11 Å². The predicted octanol–water partition coefficient (Wildman–Crippen LogP) is 2.99. The normalized spacial score (nSPS) is 11.8. The van der Waals surface area contributed by atoms with Crippen LogP contribution in [0, 0.1) is 0 Å². The summed E-state index contributed by atoms with van der Waals surface area (Å²) in [6.07, 6.45) is -5.67. The van der Waals surface area contributed by atoms with E-state index in [4.69, 9.17) is 0 Å². The zero-order chi connectivity index (χ0) is 14.2. The van der Waals surface area contributed by atoms with Gasteiger partial charge in [-0.05, 0) is 28.1 Å². The molecular formula is C11H8BrF3N2O2. The number of ether oxygens (including phenoxy) is 1. The molecule has 0 aliphatic carbocycles. The Balaban J connectivity index is 2.69. The van der Waals surface area contributed by atoms with Crippen molar-refractivity contribution in [2.45, 2.75) is 12.6 Å². The first-order chi connectivity index (χ1) is 8.83. The smallest absolute Gasteiger partial charge is 0.393 e. The van der Waals surface area contributed by atoms with Gasteiger partial charge in [0.1, 0.15) is 4.60 Å². The molecule has 0 bridgehead atoms. The van der Waals surface area contributed by atoms with Gasteiger partial charge in [0.05, 0.1) is 19.0 Å². The summed E-state index contributed by atoms with van der Waals surface area (Å²) in [5.41, 5.74) is -0.306. The molecule has 0 amide bonds. The maximum atomic E-state index is 12.6. The minimum absolute atomic E-state index is 0.194. The van der Waals surface area contributed by atoms with E-state index < -0.39 is 18.6 Å². The quantitative estimate of drug-likeness (QED) is 0.625. The Morgan fingerprint density at radius 1 is 1.47 bits per heavy atom. The second kappa shape index (κ2) is 4.84. The van der Waals surface area contributed by atoms with Crippen LogP contribution in [-0.2, 0) is 11.2 Å². The minimum atomic E-state index is -4.44. The number of carbonyl (C=O) groups is 1. The molecule has 2 aromatic heterocycles. The molecule has 102 valence electrons. The van der Waals surface area contributed by atoms with Crippen LogP contribution in [0.2, 0.25) is 0 Å². The van der Waals surface area contributed by atoms with E-state index in [2.05, 4.69) is 25.8 Å². The Morgan fingerprint density at radius 2 is 2.16 bits per heavy atom. The molecule has 2 aromatic rings. The van der Waals surface area contributed by atoms with E-state index >= 15 is 0 Å². The molecule has 0 saturated carbocycles. The number of alkyl halides is 3. The van der Waals surface area contributed by atoms with Gasteiger partial charge < -0.3 is 4.74 Å². The molecule has 0 aliphatic heterocycles. The third kappa shape index (κ3) is 2.73. The molecule has 0 unspecified atom stereocenters. The molecule has 2 heterocycles. The number of hydrogen-bond acceptors (Lipinski definition) is 3. The number of esters is 1. The summed E-state index contributed by atoms with van der Waals surface area (Å²) >= 11 is 3.16. The van der Waals surface area contributed by atoms with Crippen molar-refractivity contribution in [3.8, 4) is 0 Å². The molecule has 0 atom stereocenters. The van der Waals surface area contributed by atoms with Crippen molar-refractivity contribution in [3.05, 3.63) is 34.1 Å². The van der Waals surface area contributed by atoms with Crippen LogP contribution in [0.5, 0.6) is 0 Å². The molecule has 8 heteroatoms. The van der Waals surface area contributed by atoms with Crippen molar-refractivity contribution in [1.29, 1.82) is 0 Å². The molecular weight excluding hydrogens is 329 g/mol. The molecule has 0 aliphatic rings. The SMILES string of the molecule is COC(=O)c1nn2c(Br)cccc2c1CC(F)(F)F. The Hall–Kier alpha value is -1.57. The third-order valence-corrected chi connectivity index (χ3v) is 3.07. The molecule has 0 spiro atoms. The number of aromatic nitrogens is 2. The van der Waals surface area contributed by atoms with Gasteiger partial charge in [0.25, 0.3) is 0 Å². The van der Waals surface area contributed by atoms with Gasteiger partial charge in [0, 0.05) is 5.56 Å². The number of methoxy groups -OCH3 is 1. The standard InChI is InChI=1S/C11H8BrF3N2O2/c1-19-10(18)9-6(5-11(13,14)15)7-3-2-4-8(12)17(7)16-9/h2-4H,5H2,1H3. The number of halogens is 4. The average molecular weight is 337 g/mol. The fourth-order valence-electron chi connectivity index (χ4n) is 1.72. The first kappa shape index (κ1) is 13.9. The lowest BCUT2D eigenvalue weighted by atomic mass is 10.1. The molecule has 0 saturated heterocycles. The lowest BCUT2D eigenvalue weighted by molar-refractivity contribution is -0.127. The number of pyridine rings is 1. The second-order valence-corrected chi connectivity index (χ2v) is 4.57. The molecule has 0 radical (unpaired) electrons. The molecule has 0 N–H and O–H groups in total. The second-order valence-electron chi connectivity index (χ2n) is 3.76. The van der Waals surface area contributed by atoms with E-state index in [0.717, 1.165) is 7.11 Å². The Labute approximate surface area is 114 Å². The van der Waals surface area contributed by atoms with E-state index in [0.29, 0.717) is 4.60 Å². The first-order valence-corrected chi connectivity index (χ1v) is 5.94. The number of fused-ring (bicyclic) bond motifs is 1. The highest BCUT2D eigenvalue weighted by atomic mass is 79.9. The number of carbonyl (C=O) groups excluding carboxylic acids is 1. The summed E-state index contributed by atoms with van der Waals surface area (Å²) in [6.45, 7) is 0. The summed E-state index contributed by atoms with van der Waals surface area (Å²) in [6, 6.07) is 4.64. The summed E-state index contributed by atoms with van der Waals surface area (Å²) in [5.74, 6) is -0.894. The van der Waals surface area contributed by atoms with Crippen molar-refractivity contribution >= 4 is 27.4 Å². The van der Waals surface area contributed by atoms with Gasteiger partial charge in [-0.3, -0.25) is 0 Å². The van der Waals surface area contributed by atoms with E-state index in [1.165, 1.54) is 10.6 Å². The van der Waals surface area contributed by atoms with E-state index in [9.17, 15) is 18.0 Å². The van der Waals surface area contributed by atoms with Gasteiger partial charge >= 0.3 is 12.1 Å². The van der Waals surface area contributed by atoms with Crippen LogP contribution in [0.4, 0.5) is 13.2 Å². The molecule has 4 nitrogen and oxygen atoms in total. The third-order valence-electron chi connectivity index (χ3n) is 2.47. The van der Waals surface area contributed by atoms with Crippen molar-refractivity contribution < 1.29 is 22.7 Å². The van der Waals surface area contributed by atoms with Crippen LogP contribution >= 0.6 is 15.9 Å². The molecule has 0 aromatic carbocycles. The monoisotopic (exact) mass is 336 g/mol. The van der Waals surface area contributed by atoms with Gasteiger partial charge in [-0.1, -0.05) is 6.07 Å². The van der Waals surface area contributed by atoms with Crippen LogP contribution in [0.25, 0.3) is 5.52 Å². The van der Waals surface area contributed by atoms with Gasteiger partial charge in [-0.25, -0.2) is 9.31 Å². The summed E-state index contributed by atoms with van der Waals surface area (Å²) in [5, 5.41) is 3.86. The van der Waals surface area contributed by atoms with E-state index in [1.54, 1.807) is 12.1 Å². The zero-order valence-electron chi connectivity index (χ0n) is 9.66. The highest BCUT2D eigenvalue weighted by molar-refractivity contribution is 9.10. The van der Waals surface area contributed by atoms with Crippen LogP contribution in [0.15, 0.2) is 22.8 Å². The summed E-state index contributed by atoms with van der Waals surface area (Å²) in [7, 11) is 1.10. The topological polar surface area (TPSA) is 43.6 Å². The van der Waals surface area contributed by atoms with Crippen molar-refractivity contribution in [1.82, 2.24) is 9.61 Å². The lowest BCUT2D eigenvalue weighted by Crippen LogP contribution is -2.15. The largest absolute Gasteiger partial charge is 0.464 e. The number of hydrogen-bond donors (Lipinski definition) is 0. The minimum Gasteiger partial charge on any atom is -0.464 e. The zero-order valence-corrected chi connectivity index (χ0v) is 11.2. The van der Waals surface area contributed by atoms with Gasteiger partial charge in [0.2, 0.25) is 0 Å². The predicted molar refractivity (Wildman–Crippen MR) is 64.0 cm³/mol. The highest BCUT2D eigenvalue weighted by Crippen LogP contribution is 2.28. The Kier molecular flexibility index (Phi) is 3.53. The van der Waals surface area contributed by atoms with Crippen LogP contribution in [-0.4, -0.2) is 28.9 Å².